The van der Waals surface area contributed by atoms with Gasteiger partial charge >= 0.3 is 52.8 Å². The van der Waals surface area contributed by atoms with E-state index in [0.717, 1.165) is 0 Å². The first kappa shape index (κ1) is 4.99. The van der Waals surface area contributed by atoms with Crippen LogP contribution in [0.25, 0.3) is 0 Å². The summed E-state index contributed by atoms with van der Waals surface area (Å²) in [5.41, 5.74) is 0. The van der Waals surface area contributed by atoms with Crippen LogP contribution in [0, 0.1) is 0 Å². The summed E-state index contributed by atoms with van der Waals surface area (Å²) in [7, 11) is 0. The average molecular weight is 142 g/mol. The van der Waals surface area contributed by atoms with E-state index in [4.69, 9.17) is 0 Å². The topological polar surface area (TPSA) is 0 Å². The van der Waals surface area contributed by atoms with Gasteiger partial charge in [0.2, 0.25) is 0 Å². The van der Waals surface area contributed by atoms with Gasteiger partial charge in [-0.15, -0.1) is 0 Å². The minimum atomic E-state index is 1.26. The van der Waals surface area contributed by atoms with Crippen molar-refractivity contribution >= 4 is 4.16 Å². The minimum absolute atomic E-state index is 1.26. The molecule has 0 amide bonds. The number of hydrogen-bond donors (Lipinski definition) is 0. The summed E-state index contributed by atoms with van der Waals surface area (Å²) < 4.78 is 1.45. The van der Waals surface area contributed by atoms with Crippen LogP contribution >= 0.6 is 0 Å². The van der Waals surface area contributed by atoms with Crippen molar-refractivity contribution in [3.05, 3.63) is 30.3 Å². The van der Waals surface area contributed by atoms with E-state index < -0.39 is 0 Å². The molecule has 0 aliphatic carbocycles. The van der Waals surface area contributed by atoms with Crippen LogP contribution in [0.15, 0.2) is 30.3 Å². The van der Waals surface area contributed by atoms with Gasteiger partial charge in [0.05, 0.1) is 0 Å². The Morgan fingerprint density at radius 2 is 1.57 bits per heavy atom. The molecule has 7 heavy (non-hydrogen) atoms. The normalized spacial score (nSPS) is 8.86. The van der Waals surface area contributed by atoms with Crippen molar-refractivity contribution in [1.82, 2.24) is 0 Å². The number of rotatable bonds is 0. The fourth-order valence-corrected chi connectivity index (χ4v) is 1.05. The summed E-state index contributed by atoms with van der Waals surface area (Å²) in [5, 5.41) is 0. The first-order valence-corrected chi connectivity index (χ1v) is 3.75. The summed E-state index contributed by atoms with van der Waals surface area (Å²) in [5.74, 6) is 0. The molecular weight excluding hydrogens is 137 g/mol. The summed E-state index contributed by atoms with van der Waals surface area (Å²) in [6, 6.07) is 10.5. The molecule has 0 aromatic heterocycles. The van der Waals surface area contributed by atoms with Crippen LogP contribution in [0.1, 0.15) is 0 Å². The Labute approximate surface area is 53.2 Å². The monoisotopic (exact) mass is 141 g/mol. The van der Waals surface area contributed by atoms with Gasteiger partial charge in [-0.3, -0.25) is 0 Å². The van der Waals surface area contributed by atoms with Gasteiger partial charge in [-0.1, -0.05) is 0 Å². The molecule has 1 rings (SSSR count). The first-order chi connectivity index (χ1) is 3.39. The molecule has 0 nitrogen and oxygen atoms in total. The van der Waals surface area contributed by atoms with Crippen molar-refractivity contribution in [2.75, 3.05) is 0 Å². The van der Waals surface area contributed by atoms with Gasteiger partial charge in [-0.2, -0.15) is 0 Å². The van der Waals surface area contributed by atoms with Gasteiger partial charge < -0.3 is 0 Å². The quantitative estimate of drug-likeness (QED) is 0.472. The van der Waals surface area contributed by atoms with Gasteiger partial charge in [0.25, 0.3) is 0 Å². The van der Waals surface area contributed by atoms with Crippen molar-refractivity contribution < 1.29 is 18.3 Å². The van der Waals surface area contributed by atoms with E-state index in [1.807, 2.05) is 6.07 Å². The van der Waals surface area contributed by atoms with E-state index in [0.29, 0.717) is 0 Å². The van der Waals surface area contributed by atoms with Crippen LogP contribution in [0.4, 0.5) is 0 Å². The molecular formula is C6H5Zn. The van der Waals surface area contributed by atoms with Crippen molar-refractivity contribution in [3.63, 3.8) is 0 Å². The SMILES string of the molecule is [Zn][c]1ccccc1. The maximum atomic E-state index is 2.14. The third kappa shape index (κ3) is 1.40. The molecule has 0 aliphatic heterocycles. The Hall–Kier alpha value is -0.157. The molecule has 0 radical (unpaired) electrons. The zero-order chi connectivity index (χ0) is 5.11. The Balaban J connectivity index is 3.02. The number of hydrogen-bond acceptors (Lipinski definition) is 0. The predicted molar refractivity (Wildman–Crippen MR) is 26.1 cm³/mol. The van der Waals surface area contributed by atoms with Crippen LogP contribution < -0.4 is 4.16 Å². The average Bonchev–Trinajstić information content (AvgIpc) is 1.69. The second-order valence-corrected chi connectivity index (χ2v) is 3.20. The van der Waals surface area contributed by atoms with Crippen LogP contribution in [0.5, 0.6) is 0 Å². The molecule has 1 aromatic carbocycles. The van der Waals surface area contributed by atoms with Crippen molar-refractivity contribution in [2.45, 2.75) is 0 Å². The fraction of sp³-hybridized carbons (Fsp3) is 0. The Morgan fingerprint density at radius 3 is 1.86 bits per heavy atom. The molecule has 0 fully saturated rings. The Morgan fingerprint density at radius 1 is 1.00 bits per heavy atom. The van der Waals surface area contributed by atoms with Crippen LogP contribution in [0.3, 0.4) is 0 Å². The molecule has 0 bridgehead atoms. The van der Waals surface area contributed by atoms with Gasteiger partial charge in [-0.25, -0.2) is 0 Å². The maximum absolute atomic E-state index is 2.14. The molecule has 0 saturated heterocycles. The summed E-state index contributed by atoms with van der Waals surface area (Å²) in [6.45, 7) is 0. The standard InChI is InChI=1S/C6H5.Zn/c1-2-4-6-5-3-1;/h1-5H;. The zero-order valence-electron chi connectivity index (χ0n) is 4.09. The van der Waals surface area contributed by atoms with Gasteiger partial charge in [-0.05, 0) is 0 Å². The molecule has 1 heteroatoms. The first-order valence-electron chi connectivity index (χ1n) is 2.26. The molecule has 0 saturated carbocycles. The second kappa shape index (κ2) is 2.23. The van der Waals surface area contributed by atoms with Crippen LogP contribution in [-0.2, 0) is 18.3 Å². The summed E-state index contributed by atoms with van der Waals surface area (Å²) in [4.78, 5) is 0. The summed E-state index contributed by atoms with van der Waals surface area (Å²) in [6.07, 6.45) is 0. The van der Waals surface area contributed by atoms with Gasteiger partial charge in [0.1, 0.15) is 0 Å². The van der Waals surface area contributed by atoms with E-state index in [1.165, 1.54) is 22.5 Å². The van der Waals surface area contributed by atoms with E-state index in [2.05, 4.69) is 24.3 Å². The van der Waals surface area contributed by atoms with Gasteiger partial charge in [0.15, 0.2) is 0 Å². The Bertz CT molecular complexity index is 134. The van der Waals surface area contributed by atoms with Crippen LogP contribution in [-0.4, -0.2) is 0 Å². The van der Waals surface area contributed by atoms with E-state index in [1.54, 1.807) is 0 Å². The van der Waals surface area contributed by atoms with Crippen molar-refractivity contribution in [2.24, 2.45) is 0 Å². The summed E-state index contributed by atoms with van der Waals surface area (Å²) >= 11 is 1.26. The second-order valence-electron chi connectivity index (χ2n) is 1.49. The molecule has 0 heterocycles. The molecule has 1 aromatic rings. The molecule has 0 aliphatic rings. The van der Waals surface area contributed by atoms with E-state index in [9.17, 15) is 0 Å². The predicted octanol–water partition coefficient (Wildman–Crippen LogP) is 0.859. The van der Waals surface area contributed by atoms with Gasteiger partial charge in [0, 0.05) is 0 Å². The number of benzene rings is 1. The molecule has 0 unspecified atom stereocenters. The van der Waals surface area contributed by atoms with E-state index >= 15 is 0 Å². The van der Waals surface area contributed by atoms with Crippen molar-refractivity contribution in [3.8, 4) is 0 Å². The molecule has 0 atom stereocenters. The fourth-order valence-electron chi connectivity index (χ4n) is 0.478. The molecule has 31 valence electrons. The van der Waals surface area contributed by atoms with E-state index in [-0.39, 0.29) is 0 Å². The zero-order valence-corrected chi connectivity index (χ0v) is 7.06. The third-order valence-electron chi connectivity index (χ3n) is 0.843. The Kier molecular flexibility index (Phi) is 1.59. The van der Waals surface area contributed by atoms with Crippen LogP contribution in [0.2, 0.25) is 0 Å². The molecule has 0 spiro atoms. The van der Waals surface area contributed by atoms with Crippen molar-refractivity contribution in [1.29, 1.82) is 0 Å². The molecule has 0 N–H and O–H groups in total. The third-order valence-corrected chi connectivity index (χ3v) is 1.83.